The highest BCUT2D eigenvalue weighted by atomic mass is 32.2. The lowest BCUT2D eigenvalue weighted by Gasteiger charge is -2.11. The van der Waals surface area contributed by atoms with E-state index in [0.717, 1.165) is 29.3 Å². The lowest BCUT2D eigenvalue weighted by molar-refractivity contribution is -0.387. The number of benzene rings is 2. The molecule has 0 unspecified atom stereocenters. The summed E-state index contributed by atoms with van der Waals surface area (Å²) in [7, 11) is 0. The van der Waals surface area contributed by atoms with Crippen LogP contribution in [0.25, 0.3) is 11.3 Å². The van der Waals surface area contributed by atoms with E-state index in [9.17, 15) is 14.9 Å². The largest absolute Gasteiger partial charge is 0.316 e. The summed E-state index contributed by atoms with van der Waals surface area (Å²) in [5.74, 6) is -0.194. The van der Waals surface area contributed by atoms with Crippen LogP contribution >= 0.6 is 11.8 Å². The highest BCUT2D eigenvalue weighted by molar-refractivity contribution is 7.99. The zero-order valence-corrected chi connectivity index (χ0v) is 15.5. The van der Waals surface area contributed by atoms with Crippen molar-refractivity contribution in [3.63, 3.8) is 0 Å². The van der Waals surface area contributed by atoms with E-state index in [1.807, 2.05) is 36.5 Å². The number of aromatic nitrogens is 2. The van der Waals surface area contributed by atoms with E-state index in [0.29, 0.717) is 16.5 Å². The summed E-state index contributed by atoms with van der Waals surface area (Å²) in [5, 5.41) is 12.2. The number of carbonyl (C=O) groups is 1. The predicted molar refractivity (Wildman–Crippen MR) is 103 cm³/mol. The van der Waals surface area contributed by atoms with Gasteiger partial charge in [0.15, 0.2) is 10.9 Å². The van der Waals surface area contributed by atoms with Gasteiger partial charge in [-0.2, -0.15) is 0 Å². The van der Waals surface area contributed by atoms with Crippen molar-refractivity contribution in [2.45, 2.75) is 35.9 Å². The smallest absolute Gasteiger partial charge is 0.284 e. The number of carbonyl (C=O) groups excluding carboxylic acids is 1. The quantitative estimate of drug-likeness (QED) is 0.336. The molecule has 6 nitrogen and oxygen atoms in total. The molecule has 0 bridgehead atoms. The van der Waals surface area contributed by atoms with Gasteiger partial charge in [0.1, 0.15) is 0 Å². The number of Topliss-reactive ketones (excluding diaryl/α,β-unsaturated/α-hetero) is 1. The fraction of sp³-hybridized carbons (Fsp3) is 0.200. The molecule has 7 heteroatoms. The summed E-state index contributed by atoms with van der Waals surface area (Å²) in [5.41, 5.74) is 2.36. The fourth-order valence-electron chi connectivity index (χ4n) is 2.99. The molecule has 4 rings (SSSR count). The Labute approximate surface area is 160 Å². The van der Waals surface area contributed by atoms with Crippen molar-refractivity contribution < 1.29 is 9.72 Å². The van der Waals surface area contributed by atoms with E-state index in [1.54, 1.807) is 12.1 Å². The first-order valence-electron chi connectivity index (χ1n) is 8.64. The minimum atomic E-state index is -0.447. The third kappa shape index (κ3) is 3.50. The lowest BCUT2D eigenvalue weighted by Crippen LogP contribution is -2.00. The lowest BCUT2D eigenvalue weighted by atomic mass is 10.1. The van der Waals surface area contributed by atoms with Gasteiger partial charge in [0.25, 0.3) is 5.69 Å². The molecule has 1 aliphatic rings. The normalized spacial score (nSPS) is 13.5. The molecule has 0 amide bonds. The number of nitro groups is 1. The van der Waals surface area contributed by atoms with E-state index in [-0.39, 0.29) is 11.5 Å². The van der Waals surface area contributed by atoms with Gasteiger partial charge in [0.05, 0.1) is 21.7 Å². The fourth-order valence-corrected chi connectivity index (χ4v) is 4.01. The summed E-state index contributed by atoms with van der Waals surface area (Å²) in [4.78, 5) is 27.6. The Morgan fingerprint density at radius 3 is 2.59 bits per heavy atom. The predicted octanol–water partition coefficient (Wildman–Crippen LogP) is 5.15. The van der Waals surface area contributed by atoms with E-state index in [2.05, 4.69) is 9.55 Å². The maximum absolute atomic E-state index is 11.6. The Kier molecular flexibility index (Phi) is 4.53. The summed E-state index contributed by atoms with van der Waals surface area (Å²) in [6.07, 6.45) is 3.98. The van der Waals surface area contributed by atoms with Gasteiger partial charge in [-0.05, 0) is 49.2 Å². The zero-order chi connectivity index (χ0) is 19.0. The molecule has 0 atom stereocenters. The van der Waals surface area contributed by atoms with Crippen LogP contribution in [0.4, 0.5) is 5.69 Å². The first-order valence-corrected chi connectivity index (χ1v) is 9.46. The molecule has 1 aromatic heterocycles. The average molecular weight is 379 g/mol. The van der Waals surface area contributed by atoms with Gasteiger partial charge in [-0.15, -0.1) is 0 Å². The number of imidazole rings is 1. The van der Waals surface area contributed by atoms with Gasteiger partial charge in [-0.3, -0.25) is 14.9 Å². The SMILES string of the molecule is CC(=O)c1ccc(Sc2ncc(-c3ccccc3)n2C2CC2)c([N+](=O)[O-])c1. The standard InChI is InChI=1S/C20H17N3O3S/c1-13(24)15-7-10-19(17(11-15)23(25)26)27-20-21-12-18(22(20)16-8-9-16)14-5-3-2-4-6-14/h2-7,10-12,16H,8-9H2,1H3. The van der Waals surface area contributed by atoms with Crippen molar-refractivity contribution in [2.24, 2.45) is 0 Å². The number of hydrogen-bond donors (Lipinski definition) is 0. The van der Waals surface area contributed by atoms with E-state index < -0.39 is 4.92 Å². The molecule has 1 saturated carbocycles. The summed E-state index contributed by atoms with van der Waals surface area (Å²) >= 11 is 1.27. The molecule has 136 valence electrons. The van der Waals surface area contributed by atoms with Crippen molar-refractivity contribution in [3.8, 4) is 11.3 Å². The number of nitrogens with zero attached hydrogens (tertiary/aromatic N) is 3. The topological polar surface area (TPSA) is 78.0 Å². The molecule has 27 heavy (non-hydrogen) atoms. The monoisotopic (exact) mass is 379 g/mol. The van der Waals surface area contributed by atoms with Crippen molar-refractivity contribution in [1.29, 1.82) is 0 Å². The zero-order valence-electron chi connectivity index (χ0n) is 14.7. The molecule has 1 aliphatic carbocycles. The van der Waals surface area contributed by atoms with E-state index in [4.69, 9.17) is 0 Å². The number of rotatable bonds is 6. The van der Waals surface area contributed by atoms with Crippen LogP contribution in [0, 0.1) is 10.1 Å². The molecule has 0 saturated heterocycles. The van der Waals surface area contributed by atoms with Gasteiger partial charge in [0.2, 0.25) is 0 Å². The molecule has 0 spiro atoms. The van der Waals surface area contributed by atoms with Crippen molar-refractivity contribution in [1.82, 2.24) is 9.55 Å². The third-order valence-electron chi connectivity index (χ3n) is 4.51. The highest BCUT2D eigenvalue weighted by Gasteiger charge is 2.30. The Bertz CT molecular complexity index is 1030. The van der Waals surface area contributed by atoms with Crippen molar-refractivity contribution in [3.05, 3.63) is 70.4 Å². The first-order chi connectivity index (χ1) is 13.0. The number of nitro benzene ring substituents is 1. The number of hydrogen-bond acceptors (Lipinski definition) is 5. The first kappa shape index (κ1) is 17.5. The highest BCUT2D eigenvalue weighted by Crippen LogP contribution is 2.44. The Morgan fingerprint density at radius 2 is 1.96 bits per heavy atom. The van der Waals surface area contributed by atoms with Gasteiger partial charge in [0, 0.05) is 17.7 Å². The van der Waals surface area contributed by atoms with Crippen LogP contribution in [0.5, 0.6) is 0 Å². The second-order valence-corrected chi connectivity index (χ2v) is 7.50. The molecule has 0 aliphatic heterocycles. The molecule has 1 fully saturated rings. The van der Waals surface area contributed by atoms with Crippen LogP contribution in [0.15, 0.2) is 64.8 Å². The second kappa shape index (κ2) is 7.00. The van der Waals surface area contributed by atoms with Gasteiger partial charge < -0.3 is 4.57 Å². The van der Waals surface area contributed by atoms with Crippen LogP contribution in [-0.4, -0.2) is 20.3 Å². The minimum absolute atomic E-state index is 0.0701. The van der Waals surface area contributed by atoms with Crippen LogP contribution in [0.3, 0.4) is 0 Å². The van der Waals surface area contributed by atoms with Gasteiger partial charge in [-0.1, -0.05) is 30.3 Å². The molecule has 0 radical (unpaired) electrons. The van der Waals surface area contributed by atoms with Crippen molar-refractivity contribution >= 4 is 23.2 Å². The maximum Gasteiger partial charge on any atom is 0.284 e. The summed E-state index contributed by atoms with van der Waals surface area (Å²) in [6, 6.07) is 15.0. The van der Waals surface area contributed by atoms with Crippen molar-refractivity contribution in [2.75, 3.05) is 0 Å². The average Bonchev–Trinajstić information content (AvgIpc) is 3.42. The Hall–Kier alpha value is -2.93. The minimum Gasteiger partial charge on any atom is -0.316 e. The number of ketones is 1. The molecular formula is C20H17N3O3S. The second-order valence-electron chi connectivity index (χ2n) is 6.49. The Morgan fingerprint density at radius 1 is 1.22 bits per heavy atom. The van der Waals surface area contributed by atoms with Gasteiger partial charge in [-0.25, -0.2) is 4.98 Å². The van der Waals surface area contributed by atoms with E-state index >= 15 is 0 Å². The molecule has 1 heterocycles. The molecule has 3 aromatic rings. The van der Waals surface area contributed by atoms with Gasteiger partial charge >= 0.3 is 0 Å². The Balaban J connectivity index is 1.75. The van der Waals surface area contributed by atoms with Crippen LogP contribution < -0.4 is 0 Å². The van der Waals surface area contributed by atoms with Crippen LogP contribution in [-0.2, 0) is 0 Å². The van der Waals surface area contributed by atoms with E-state index in [1.165, 1.54) is 24.8 Å². The van der Waals surface area contributed by atoms with Crippen LogP contribution in [0.2, 0.25) is 0 Å². The third-order valence-corrected chi connectivity index (χ3v) is 5.56. The molecule has 2 aromatic carbocycles. The molecular weight excluding hydrogens is 362 g/mol. The molecule has 0 N–H and O–H groups in total. The summed E-state index contributed by atoms with van der Waals surface area (Å²) in [6.45, 7) is 1.40. The summed E-state index contributed by atoms with van der Waals surface area (Å²) < 4.78 is 2.17. The van der Waals surface area contributed by atoms with Crippen LogP contribution in [0.1, 0.15) is 36.2 Å². The maximum atomic E-state index is 11.6.